The average molecular weight is 445 g/mol. The zero-order valence-electron chi connectivity index (χ0n) is 17.7. The first-order valence-electron chi connectivity index (χ1n) is 9.96. The molecule has 32 heavy (non-hydrogen) atoms. The number of aromatic nitrogens is 3. The summed E-state index contributed by atoms with van der Waals surface area (Å²) in [5, 5.41) is 16.1. The van der Waals surface area contributed by atoms with Crippen molar-refractivity contribution in [1.82, 2.24) is 14.8 Å². The van der Waals surface area contributed by atoms with E-state index in [0.29, 0.717) is 22.3 Å². The van der Waals surface area contributed by atoms with Gasteiger partial charge >= 0.3 is 5.97 Å². The molecule has 9 heteroatoms. The van der Waals surface area contributed by atoms with E-state index in [4.69, 9.17) is 4.74 Å². The largest absolute Gasteiger partial charge is 0.481 e. The zero-order valence-corrected chi connectivity index (χ0v) is 17.7. The number of carbonyl (C=O) groups is 1. The summed E-state index contributed by atoms with van der Waals surface area (Å²) in [5.74, 6) is -2.53. The number of carboxylic acid groups (broad SMARTS) is 1. The Kier molecular flexibility index (Phi) is 5.46. The molecule has 0 aliphatic carbocycles. The molecule has 0 unspecified atom stereocenters. The maximum Gasteiger partial charge on any atom is 0.306 e. The van der Waals surface area contributed by atoms with Gasteiger partial charge in [0.15, 0.2) is 5.82 Å². The third-order valence-corrected chi connectivity index (χ3v) is 5.54. The lowest BCUT2D eigenvalue weighted by Gasteiger charge is -2.28. The van der Waals surface area contributed by atoms with Crippen molar-refractivity contribution in [1.29, 1.82) is 0 Å². The lowest BCUT2D eigenvalue weighted by Crippen LogP contribution is -2.28. The van der Waals surface area contributed by atoms with Gasteiger partial charge in [0.1, 0.15) is 17.5 Å². The normalized spacial score (nSPS) is 13.2. The summed E-state index contributed by atoms with van der Waals surface area (Å²) >= 11 is 0. The molecule has 2 aromatic carbocycles. The fourth-order valence-electron chi connectivity index (χ4n) is 4.34. The van der Waals surface area contributed by atoms with Crippen LogP contribution in [0.4, 0.5) is 13.2 Å². The fourth-order valence-corrected chi connectivity index (χ4v) is 4.34. The molecular weight excluding hydrogens is 423 g/mol. The molecule has 0 amide bonds. The van der Waals surface area contributed by atoms with Gasteiger partial charge in [-0.05, 0) is 30.3 Å². The first kappa shape index (κ1) is 21.9. The van der Waals surface area contributed by atoms with Crippen LogP contribution < -0.4 is 0 Å². The Hall–Kier alpha value is -3.33. The molecule has 0 fully saturated rings. The van der Waals surface area contributed by atoms with E-state index >= 15 is 8.78 Å². The van der Waals surface area contributed by atoms with Crippen molar-refractivity contribution < 1.29 is 27.8 Å². The smallest absolute Gasteiger partial charge is 0.306 e. The number of alkyl halides is 1. The number of carboxylic acids is 1. The third kappa shape index (κ3) is 3.52. The van der Waals surface area contributed by atoms with E-state index in [-0.39, 0.29) is 23.1 Å². The van der Waals surface area contributed by atoms with Gasteiger partial charge in [-0.3, -0.25) is 9.89 Å². The molecule has 2 aromatic heterocycles. The second-order valence-corrected chi connectivity index (χ2v) is 8.38. The molecule has 0 saturated carbocycles. The molecule has 0 aliphatic rings. The topological polar surface area (TPSA) is 80.1 Å². The van der Waals surface area contributed by atoms with Crippen LogP contribution in [0.1, 0.15) is 37.7 Å². The van der Waals surface area contributed by atoms with Crippen LogP contribution in [0.5, 0.6) is 0 Å². The Morgan fingerprint density at radius 1 is 1.28 bits per heavy atom. The summed E-state index contributed by atoms with van der Waals surface area (Å²) < 4.78 is 51.9. The molecule has 2 heterocycles. The van der Waals surface area contributed by atoms with Gasteiger partial charge in [0.25, 0.3) is 0 Å². The quantitative estimate of drug-likeness (QED) is 0.410. The van der Waals surface area contributed by atoms with Crippen molar-refractivity contribution in [2.45, 2.75) is 31.9 Å². The minimum absolute atomic E-state index is 0.0426. The highest BCUT2D eigenvalue weighted by Gasteiger charge is 2.37. The number of ether oxygens (including phenoxy) is 1. The predicted molar refractivity (Wildman–Crippen MR) is 114 cm³/mol. The molecule has 0 spiro atoms. The first-order chi connectivity index (χ1) is 15.2. The summed E-state index contributed by atoms with van der Waals surface area (Å²) in [6.45, 7) is 3.75. The molecule has 1 atom stereocenters. The Morgan fingerprint density at radius 3 is 2.59 bits per heavy atom. The number of fused-ring (bicyclic) bond motifs is 2. The molecule has 0 aliphatic heterocycles. The van der Waals surface area contributed by atoms with Crippen LogP contribution in [-0.2, 0) is 14.9 Å². The second kappa shape index (κ2) is 7.98. The molecule has 4 rings (SSSR count). The van der Waals surface area contributed by atoms with Crippen LogP contribution in [-0.4, -0.2) is 39.6 Å². The van der Waals surface area contributed by atoms with E-state index in [1.807, 2.05) is 0 Å². The van der Waals surface area contributed by atoms with E-state index in [0.717, 1.165) is 0 Å². The summed E-state index contributed by atoms with van der Waals surface area (Å²) in [6, 6.07) is 7.18. The monoisotopic (exact) mass is 445 g/mol. The fraction of sp³-hybridized carbons (Fsp3) is 0.304. The van der Waals surface area contributed by atoms with Crippen molar-refractivity contribution in [3.8, 4) is 5.69 Å². The second-order valence-electron chi connectivity index (χ2n) is 8.38. The number of aliphatic carboxylic acids is 1. The molecule has 168 valence electrons. The minimum atomic E-state index is -1.99. The number of benzene rings is 2. The molecule has 0 radical (unpaired) electrons. The third-order valence-electron chi connectivity index (χ3n) is 5.54. The standard InChI is InChI=1S/C23H22F3N3O3/c1-23(2,11-32-3)22-18(15(25)9-17(30)31)19-16(8-12-10-27-28-21(12)20(19)26)29(22)14-6-4-13(24)5-7-14/h4-8,10,15H,9,11H2,1-3H3,(H,27,28)(H,30,31)/t15-/m1/s1. The lowest BCUT2D eigenvalue weighted by atomic mass is 9.85. The van der Waals surface area contributed by atoms with E-state index in [2.05, 4.69) is 10.2 Å². The Labute approximate surface area is 181 Å². The van der Waals surface area contributed by atoms with Crippen LogP contribution in [0, 0.1) is 11.6 Å². The molecule has 0 bridgehead atoms. The molecule has 4 aromatic rings. The van der Waals surface area contributed by atoms with Gasteiger partial charge in [-0.25, -0.2) is 13.2 Å². The SMILES string of the molecule is COCC(C)(C)c1c([C@H](F)CC(=O)O)c2c(F)c3[nH]ncc3cc2n1-c1ccc(F)cc1. The van der Waals surface area contributed by atoms with E-state index < -0.39 is 35.6 Å². The van der Waals surface area contributed by atoms with Crippen LogP contribution in [0.15, 0.2) is 36.5 Å². The Balaban J connectivity index is 2.21. The zero-order chi connectivity index (χ0) is 23.2. The van der Waals surface area contributed by atoms with E-state index in [9.17, 15) is 14.3 Å². The average Bonchev–Trinajstić information content (AvgIpc) is 3.32. The van der Waals surface area contributed by atoms with Crippen LogP contribution >= 0.6 is 0 Å². The van der Waals surface area contributed by atoms with Crippen molar-refractivity contribution in [2.24, 2.45) is 0 Å². The van der Waals surface area contributed by atoms with Crippen molar-refractivity contribution >= 4 is 27.8 Å². The van der Waals surface area contributed by atoms with Gasteiger partial charge in [0, 0.05) is 40.2 Å². The molecule has 2 N–H and O–H groups in total. The van der Waals surface area contributed by atoms with Crippen molar-refractivity contribution in [3.05, 3.63) is 59.4 Å². The Bertz CT molecular complexity index is 1310. The van der Waals surface area contributed by atoms with E-state index in [1.54, 1.807) is 24.5 Å². The van der Waals surface area contributed by atoms with Gasteiger partial charge in [-0.1, -0.05) is 13.8 Å². The van der Waals surface area contributed by atoms with Crippen LogP contribution in [0.2, 0.25) is 0 Å². The highest BCUT2D eigenvalue weighted by molar-refractivity contribution is 6.00. The number of halogens is 3. The maximum atomic E-state index is 15.7. The number of hydrogen-bond acceptors (Lipinski definition) is 3. The number of methoxy groups -OCH3 is 1. The molecule has 6 nitrogen and oxygen atoms in total. The highest BCUT2D eigenvalue weighted by Crippen LogP contribution is 2.44. The number of nitrogens with one attached hydrogen (secondary N) is 1. The van der Waals surface area contributed by atoms with Gasteiger partial charge in [0.05, 0.1) is 24.7 Å². The van der Waals surface area contributed by atoms with Gasteiger partial charge in [0.2, 0.25) is 0 Å². The van der Waals surface area contributed by atoms with E-state index in [1.165, 1.54) is 37.6 Å². The van der Waals surface area contributed by atoms with Crippen LogP contribution in [0.3, 0.4) is 0 Å². The van der Waals surface area contributed by atoms with Crippen molar-refractivity contribution in [2.75, 3.05) is 13.7 Å². The maximum absolute atomic E-state index is 15.7. The summed E-state index contributed by atoms with van der Waals surface area (Å²) in [4.78, 5) is 11.4. The minimum Gasteiger partial charge on any atom is -0.481 e. The predicted octanol–water partition coefficient (Wildman–Crippen LogP) is 5.19. The lowest BCUT2D eigenvalue weighted by molar-refractivity contribution is -0.138. The van der Waals surface area contributed by atoms with Gasteiger partial charge in [-0.2, -0.15) is 5.10 Å². The molecular formula is C23H22F3N3O3. The number of nitrogens with zero attached hydrogens (tertiary/aromatic N) is 2. The number of H-pyrrole nitrogens is 1. The number of rotatable bonds is 7. The van der Waals surface area contributed by atoms with Crippen molar-refractivity contribution in [3.63, 3.8) is 0 Å². The Morgan fingerprint density at radius 2 is 1.97 bits per heavy atom. The summed E-state index contributed by atoms with van der Waals surface area (Å²) in [6.07, 6.45) is -1.37. The summed E-state index contributed by atoms with van der Waals surface area (Å²) in [5.41, 5.74) is 0.334. The molecule has 0 saturated heterocycles. The first-order valence-corrected chi connectivity index (χ1v) is 9.96. The van der Waals surface area contributed by atoms with Crippen LogP contribution in [0.25, 0.3) is 27.5 Å². The van der Waals surface area contributed by atoms with Gasteiger partial charge < -0.3 is 14.4 Å². The number of hydrogen-bond donors (Lipinski definition) is 2. The number of aromatic amines is 1. The van der Waals surface area contributed by atoms with Gasteiger partial charge in [-0.15, -0.1) is 0 Å². The highest BCUT2D eigenvalue weighted by atomic mass is 19.1. The summed E-state index contributed by atoms with van der Waals surface area (Å²) in [7, 11) is 1.49.